The zero-order chi connectivity index (χ0) is 13.0. The number of benzene rings is 1. The second kappa shape index (κ2) is 5.80. The first kappa shape index (κ1) is 12.8. The Kier molecular flexibility index (Phi) is 4.13. The average molecular weight is 246 g/mol. The summed E-state index contributed by atoms with van der Waals surface area (Å²) < 4.78 is 5.06. The highest BCUT2D eigenvalue weighted by atomic mass is 16.5. The minimum Gasteiger partial charge on any atom is -0.497 e. The molecule has 1 saturated carbocycles. The van der Waals surface area contributed by atoms with Crippen molar-refractivity contribution < 1.29 is 14.3 Å². The number of ether oxygens (including phenoxy) is 1. The molecule has 1 atom stereocenters. The van der Waals surface area contributed by atoms with Gasteiger partial charge < -0.3 is 4.74 Å². The van der Waals surface area contributed by atoms with Crippen LogP contribution in [0.25, 0.3) is 0 Å². The molecule has 18 heavy (non-hydrogen) atoms. The van der Waals surface area contributed by atoms with Crippen molar-refractivity contribution in [2.24, 2.45) is 5.92 Å². The molecule has 96 valence electrons. The molecule has 0 aliphatic heterocycles. The van der Waals surface area contributed by atoms with E-state index in [1.165, 1.54) is 0 Å². The number of ketones is 2. The van der Waals surface area contributed by atoms with Crippen LogP contribution in [-0.2, 0) is 4.79 Å². The lowest BCUT2D eigenvalue weighted by atomic mass is 9.84. The molecule has 0 amide bonds. The highest BCUT2D eigenvalue weighted by Gasteiger charge is 2.22. The zero-order valence-corrected chi connectivity index (χ0v) is 10.6. The highest BCUT2D eigenvalue weighted by Crippen LogP contribution is 2.26. The molecule has 0 aromatic heterocycles. The van der Waals surface area contributed by atoms with Crippen molar-refractivity contribution in [3.8, 4) is 5.75 Å². The topological polar surface area (TPSA) is 43.4 Å². The molecule has 0 N–H and O–H groups in total. The largest absolute Gasteiger partial charge is 0.497 e. The third-order valence-electron chi connectivity index (χ3n) is 3.47. The summed E-state index contributed by atoms with van der Waals surface area (Å²) in [6.45, 7) is 0. The fourth-order valence-corrected chi connectivity index (χ4v) is 2.45. The summed E-state index contributed by atoms with van der Waals surface area (Å²) >= 11 is 0. The minimum atomic E-state index is 0.123. The van der Waals surface area contributed by atoms with Crippen LogP contribution in [0.15, 0.2) is 24.3 Å². The van der Waals surface area contributed by atoms with Gasteiger partial charge in [-0.2, -0.15) is 0 Å². The lowest BCUT2D eigenvalue weighted by molar-refractivity contribution is -0.121. The predicted octanol–water partition coefficient (Wildman–Crippen LogP) is 3.03. The van der Waals surface area contributed by atoms with E-state index in [1.807, 2.05) is 0 Å². The van der Waals surface area contributed by atoms with E-state index in [-0.39, 0.29) is 11.7 Å². The molecule has 3 heteroatoms. The van der Waals surface area contributed by atoms with Gasteiger partial charge in [0.15, 0.2) is 5.78 Å². The fraction of sp³-hybridized carbons (Fsp3) is 0.467. The predicted molar refractivity (Wildman–Crippen MR) is 68.9 cm³/mol. The van der Waals surface area contributed by atoms with Gasteiger partial charge in [-0.25, -0.2) is 0 Å². The molecule has 1 fully saturated rings. The van der Waals surface area contributed by atoms with Crippen LogP contribution in [-0.4, -0.2) is 18.7 Å². The summed E-state index contributed by atoms with van der Waals surface area (Å²) in [5, 5.41) is 0. The molecule has 3 nitrogen and oxygen atoms in total. The summed E-state index contributed by atoms with van der Waals surface area (Å²) in [5.74, 6) is 1.41. The molecule has 2 rings (SSSR count). The van der Waals surface area contributed by atoms with Crippen molar-refractivity contribution in [2.75, 3.05) is 7.11 Å². The summed E-state index contributed by atoms with van der Waals surface area (Å²) in [5.41, 5.74) is 0.703. The van der Waals surface area contributed by atoms with Crippen LogP contribution in [0.4, 0.5) is 0 Å². The number of carbonyl (C=O) groups is 2. The van der Waals surface area contributed by atoms with E-state index in [4.69, 9.17) is 4.74 Å². The SMILES string of the molecule is COc1ccc(C(=O)CC2CCCC(=O)C2)cc1. The van der Waals surface area contributed by atoms with Gasteiger partial charge in [-0.3, -0.25) is 9.59 Å². The number of methoxy groups -OCH3 is 1. The molecule has 1 aliphatic carbocycles. The van der Waals surface area contributed by atoms with Crippen LogP contribution >= 0.6 is 0 Å². The van der Waals surface area contributed by atoms with Crippen LogP contribution in [0.2, 0.25) is 0 Å². The molecule has 1 aromatic rings. The van der Waals surface area contributed by atoms with Gasteiger partial charge in [0.2, 0.25) is 0 Å². The molecule has 1 aromatic carbocycles. The first-order valence-electron chi connectivity index (χ1n) is 6.38. The molecule has 0 spiro atoms. The zero-order valence-electron chi connectivity index (χ0n) is 10.6. The van der Waals surface area contributed by atoms with Gasteiger partial charge in [-0.1, -0.05) is 0 Å². The second-order valence-corrected chi connectivity index (χ2v) is 4.86. The lowest BCUT2D eigenvalue weighted by Crippen LogP contribution is -2.18. The maximum absolute atomic E-state index is 12.1. The van der Waals surface area contributed by atoms with Gasteiger partial charge in [-0.05, 0) is 43.0 Å². The third kappa shape index (κ3) is 3.19. The number of rotatable bonds is 4. The molecule has 0 saturated heterocycles. The van der Waals surface area contributed by atoms with Gasteiger partial charge >= 0.3 is 0 Å². The molecule has 0 heterocycles. The van der Waals surface area contributed by atoms with Crippen LogP contribution in [0.3, 0.4) is 0 Å². The minimum absolute atomic E-state index is 0.123. The maximum atomic E-state index is 12.1. The van der Waals surface area contributed by atoms with E-state index in [0.717, 1.165) is 18.6 Å². The third-order valence-corrected chi connectivity index (χ3v) is 3.47. The van der Waals surface area contributed by atoms with E-state index in [2.05, 4.69) is 0 Å². The van der Waals surface area contributed by atoms with Crippen molar-refractivity contribution in [3.05, 3.63) is 29.8 Å². The first-order valence-corrected chi connectivity index (χ1v) is 6.38. The van der Waals surface area contributed by atoms with Gasteiger partial charge in [0.1, 0.15) is 11.5 Å². The van der Waals surface area contributed by atoms with Crippen molar-refractivity contribution in [1.82, 2.24) is 0 Å². The van der Waals surface area contributed by atoms with Crippen LogP contribution < -0.4 is 4.74 Å². The summed E-state index contributed by atoms with van der Waals surface area (Å²) in [6, 6.07) is 7.15. The number of hydrogen-bond acceptors (Lipinski definition) is 3. The average Bonchev–Trinajstić information content (AvgIpc) is 2.39. The molecular weight excluding hydrogens is 228 g/mol. The van der Waals surface area contributed by atoms with Gasteiger partial charge in [0, 0.05) is 24.8 Å². The van der Waals surface area contributed by atoms with Crippen LogP contribution in [0, 0.1) is 5.92 Å². The van der Waals surface area contributed by atoms with Crippen molar-refractivity contribution in [1.29, 1.82) is 0 Å². The van der Waals surface area contributed by atoms with E-state index in [9.17, 15) is 9.59 Å². The number of carbonyl (C=O) groups excluding carboxylic acids is 2. The monoisotopic (exact) mass is 246 g/mol. The summed E-state index contributed by atoms with van der Waals surface area (Å²) in [7, 11) is 1.60. The number of Topliss-reactive ketones (excluding diaryl/α,β-unsaturated/α-hetero) is 2. The molecule has 0 radical (unpaired) electrons. The molecule has 0 bridgehead atoms. The van der Waals surface area contributed by atoms with E-state index >= 15 is 0 Å². The highest BCUT2D eigenvalue weighted by molar-refractivity contribution is 5.96. The van der Waals surface area contributed by atoms with Gasteiger partial charge in [0.05, 0.1) is 7.11 Å². The Morgan fingerprint density at radius 2 is 2.06 bits per heavy atom. The van der Waals surface area contributed by atoms with E-state index in [0.29, 0.717) is 30.6 Å². The Hall–Kier alpha value is -1.64. The van der Waals surface area contributed by atoms with Crippen molar-refractivity contribution in [3.63, 3.8) is 0 Å². The normalized spacial score (nSPS) is 19.6. The Balaban J connectivity index is 1.96. The summed E-state index contributed by atoms with van der Waals surface area (Å²) in [6.07, 6.45) is 3.67. The van der Waals surface area contributed by atoms with Gasteiger partial charge in [0.25, 0.3) is 0 Å². The van der Waals surface area contributed by atoms with E-state index < -0.39 is 0 Å². The molecule has 1 aliphatic rings. The molecule has 1 unspecified atom stereocenters. The Bertz CT molecular complexity index is 434. The quantitative estimate of drug-likeness (QED) is 0.767. The van der Waals surface area contributed by atoms with E-state index in [1.54, 1.807) is 31.4 Å². The Labute approximate surface area is 107 Å². The maximum Gasteiger partial charge on any atom is 0.163 e. The standard InChI is InChI=1S/C15H18O3/c1-18-14-7-5-12(6-8-14)15(17)10-11-3-2-4-13(16)9-11/h5-8,11H,2-4,9-10H2,1H3. The Morgan fingerprint density at radius 3 is 2.67 bits per heavy atom. The number of hydrogen-bond donors (Lipinski definition) is 0. The fourth-order valence-electron chi connectivity index (χ4n) is 2.45. The smallest absolute Gasteiger partial charge is 0.163 e. The second-order valence-electron chi connectivity index (χ2n) is 4.86. The molecular formula is C15H18O3. The first-order chi connectivity index (χ1) is 8.69. The lowest BCUT2D eigenvalue weighted by Gasteiger charge is -2.19. The van der Waals surface area contributed by atoms with Crippen molar-refractivity contribution in [2.45, 2.75) is 32.1 Å². The van der Waals surface area contributed by atoms with Crippen molar-refractivity contribution >= 4 is 11.6 Å². The van der Waals surface area contributed by atoms with Crippen LogP contribution in [0.1, 0.15) is 42.5 Å². The Morgan fingerprint density at radius 1 is 1.33 bits per heavy atom. The van der Waals surface area contributed by atoms with Crippen LogP contribution in [0.5, 0.6) is 5.75 Å². The van der Waals surface area contributed by atoms with Gasteiger partial charge in [-0.15, -0.1) is 0 Å². The summed E-state index contributed by atoms with van der Waals surface area (Å²) in [4.78, 5) is 23.4.